The molecule has 1 aromatic carbocycles. The van der Waals surface area contributed by atoms with Crippen LogP contribution in [0.5, 0.6) is 5.75 Å². The van der Waals surface area contributed by atoms with E-state index in [9.17, 15) is 5.11 Å². The second-order valence-corrected chi connectivity index (χ2v) is 4.12. The Bertz CT molecular complexity index is 602. The zero-order chi connectivity index (χ0) is 13.7. The maximum absolute atomic E-state index is 9.18. The van der Waals surface area contributed by atoms with Gasteiger partial charge in [-0.15, -0.1) is 0 Å². The standard InChI is InChI=1S/C14H14N4O/c15-8-11-7-12(16)9-18-14(11)17-6-5-10-1-3-13(19)4-2-10/h1-4,7,9,19H,5-6,16H2,(H,17,18). The molecule has 5 heteroatoms. The normalized spacial score (nSPS) is 9.84. The first kappa shape index (κ1) is 12.7. The fourth-order valence-electron chi connectivity index (χ4n) is 1.69. The molecule has 0 aliphatic rings. The van der Waals surface area contributed by atoms with Crippen LogP contribution in [-0.2, 0) is 6.42 Å². The molecular formula is C14H14N4O. The second-order valence-electron chi connectivity index (χ2n) is 4.12. The molecule has 0 aliphatic heterocycles. The lowest BCUT2D eigenvalue weighted by atomic mass is 10.1. The van der Waals surface area contributed by atoms with Crippen molar-refractivity contribution in [1.82, 2.24) is 4.98 Å². The molecule has 1 heterocycles. The summed E-state index contributed by atoms with van der Waals surface area (Å²) in [5, 5.41) is 21.3. The summed E-state index contributed by atoms with van der Waals surface area (Å²) < 4.78 is 0. The monoisotopic (exact) mass is 254 g/mol. The van der Waals surface area contributed by atoms with Crippen LogP contribution in [0.4, 0.5) is 11.5 Å². The highest BCUT2D eigenvalue weighted by atomic mass is 16.3. The molecule has 4 N–H and O–H groups in total. The van der Waals surface area contributed by atoms with Crippen LogP contribution in [-0.4, -0.2) is 16.6 Å². The van der Waals surface area contributed by atoms with Gasteiger partial charge in [-0.1, -0.05) is 12.1 Å². The number of nitriles is 1. The number of nitrogen functional groups attached to an aromatic ring is 1. The Hall–Kier alpha value is -2.74. The van der Waals surface area contributed by atoms with Crippen LogP contribution >= 0.6 is 0 Å². The molecule has 0 bridgehead atoms. The third kappa shape index (κ3) is 3.36. The van der Waals surface area contributed by atoms with Crippen molar-refractivity contribution in [3.05, 3.63) is 47.7 Å². The number of nitrogens with zero attached hydrogens (tertiary/aromatic N) is 2. The highest BCUT2D eigenvalue weighted by molar-refractivity contribution is 5.57. The van der Waals surface area contributed by atoms with Gasteiger partial charge >= 0.3 is 0 Å². The number of phenols is 1. The van der Waals surface area contributed by atoms with Crippen molar-refractivity contribution in [1.29, 1.82) is 5.26 Å². The molecule has 5 nitrogen and oxygen atoms in total. The third-order valence-electron chi connectivity index (χ3n) is 2.67. The Kier molecular flexibility index (Phi) is 3.84. The summed E-state index contributed by atoms with van der Waals surface area (Å²) in [7, 11) is 0. The van der Waals surface area contributed by atoms with Crippen molar-refractivity contribution in [2.75, 3.05) is 17.6 Å². The lowest BCUT2D eigenvalue weighted by Crippen LogP contribution is -2.08. The van der Waals surface area contributed by atoms with Crippen LogP contribution in [0.1, 0.15) is 11.1 Å². The van der Waals surface area contributed by atoms with Gasteiger partial charge in [-0.05, 0) is 30.2 Å². The number of aromatic nitrogens is 1. The highest BCUT2D eigenvalue weighted by Gasteiger charge is 2.03. The van der Waals surface area contributed by atoms with Crippen LogP contribution in [0.25, 0.3) is 0 Å². The number of hydrogen-bond acceptors (Lipinski definition) is 5. The maximum atomic E-state index is 9.18. The van der Waals surface area contributed by atoms with Gasteiger partial charge in [0.2, 0.25) is 0 Å². The summed E-state index contributed by atoms with van der Waals surface area (Å²) in [5.41, 5.74) is 7.58. The van der Waals surface area contributed by atoms with Crippen molar-refractivity contribution in [2.45, 2.75) is 6.42 Å². The maximum Gasteiger partial charge on any atom is 0.144 e. The second kappa shape index (κ2) is 5.74. The van der Waals surface area contributed by atoms with Gasteiger partial charge in [0, 0.05) is 6.54 Å². The molecule has 2 aromatic rings. The zero-order valence-electron chi connectivity index (χ0n) is 10.3. The molecule has 0 unspecified atom stereocenters. The molecular weight excluding hydrogens is 240 g/mol. The van der Waals surface area contributed by atoms with E-state index in [0.717, 1.165) is 12.0 Å². The first-order valence-corrected chi connectivity index (χ1v) is 5.86. The average molecular weight is 254 g/mol. The number of benzene rings is 1. The summed E-state index contributed by atoms with van der Waals surface area (Å²) in [6, 6.07) is 10.7. The smallest absolute Gasteiger partial charge is 0.144 e. The van der Waals surface area contributed by atoms with E-state index in [1.807, 2.05) is 12.1 Å². The summed E-state index contributed by atoms with van der Waals surface area (Å²) in [6.07, 6.45) is 2.29. The molecule has 0 aliphatic carbocycles. The van der Waals surface area contributed by atoms with Crippen LogP contribution in [0.3, 0.4) is 0 Å². The number of phenolic OH excluding ortho intramolecular Hbond substituents is 1. The van der Waals surface area contributed by atoms with Crippen molar-refractivity contribution >= 4 is 11.5 Å². The largest absolute Gasteiger partial charge is 0.508 e. The number of nitrogens with two attached hydrogens (primary N) is 1. The minimum Gasteiger partial charge on any atom is -0.508 e. The predicted octanol–water partition coefficient (Wildman–Crippen LogP) is 1.90. The first-order chi connectivity index (χ1) is 9.19. The minimum absolute atomic E-state index is 0.253. The van der Waals surface area contributed by atoms with E-state index in [0.29, 0.717) is 23.6 Å². The number of aromatic hydroxyl groups is 1. The lowest BCUT2D eigenvalue weighted by Gasteiger charge is -2.07. The van der Waals surface area contributed by atoms with Gasteiger partial charge in [0.15, 0.2) is 0 Å². The van der Waals surface area contributed by atoms with Gasteiger partial charge < -0.3 is 16.2 Å². The summed E-state index contributed by atoms with van der Waals surface area (Å²) in [4.78, 5) is 4.10. The Labute approximate surface area is 111 Å². The van der Waals surface area contributed by atoms with Crippen molar-refractivity contribution in [3.63, 3.8) is 0 Å². The molecule has 2 rings (SSSR count). The van der Waals surface area contributed by atoms with Gasteiger partial charge in [-0.2, -0.15) is 5.26 Å². The number of rotatable bonds is 4. The summed E-state index contributed by atoms with van der Waals surface area (Å²) >= 11 is 0. The van der Waals surface area contributed by atoms with E-state index in [2.05, 4.69) is 16.4 Å². The SMILES string of the molecule is N#Cc1cc(N)cnc1NCCc1ccc(O)cc1. The molecule has 1 aromatic heterocycles. The fraction of sp³-hybridized carbons (Fsp3) is 0.143. The predicted molar refractivity (Wildman–Crippen MR) is 73.7 cm³/mol. The molecule has 0 spiro atoms. The number of nitrogens with one attached hydrogen (secondary N) is 1. The van der Waals surface area contributed by atoms with Crippen LogP contribution in [0, 0.1) is 11.3 Å². The molecule has 0 saturated heterocycles. The van der Waals surface area contributed by atoms with Crippen molar-refractivity contribution < 1.29 is 5.11 Å². The number of hydrogen-bond donors (Lipinski definition) is 3. The van der Waals surface area contributed by atoms with Crippen molar-refractivity contribution in [3.8, 4) is 11.8 Å². The van der Waals surface area contributed by atoms with E-state index in [1.165, 1.54) is 6.20 Å². The average Bonchev–Trinajstić information content (AvgIpc) is 2.42. The number of pyridine rings is 1. The Morgan fingerprint density at radius 2 is 2.05 bits per heavy atom. The van der Waals surface area contributed by atoms with E-state index in [1.54, 1.807) is 18.2 Å². The molecule has 0 radical (unpaired) electrons. The van der Waals surface area contributed by atoms with Gasteiger partial charge in [-0.25, -0.2) is 4.98 Å². The van der Waals surface area contributed by atoms with E-state index in [-0.39, 0.29) is 5.75 Å². The van der Waals surface area contributed by atoms with Crippen LogP contribution < -0.4 is 11.1 Å². The Morgan fingerprint density at radius 1 is 1.32 bits per heavy atom. The topological polar surface area (TPSA) is 95.0 Å². The first-order valence-electron chi connectivity index (χ1n) is 5.86. The summed E-state index contributed by atoms with van der Waals surface area (Å²) in [5.74, 6) is 0.791. The zero-order valence-corrected chi connectivity index (χ0v) is 10.3. The van der Waals surface area contributed by atoms with Crippen LogP contribution in [0.15, 0.2) is 36.5 Å². The van der Waals surface area contributed by atoms with Crippen LogP contribution in [0.2, 0.25) is 0 Å². The molecule has 0 atom stereocenters. The molecule has 19 heavy (non-hydrogen) atoms. The van der Waals surface area contributed by atoms with Gasteiger partial charge in [0.05, 0.1) is 17.4 Å². The lowest BCUT2D eigenvalue weighted by molar-refractivity contribution is 0.475. The highest BCUT2D eigenvalue weighted by Crippen LogP contribution is 2.15. The van der Waals surface area contributed by atoms with E-state index < -0.39 is 0 Å². The van der Waals surface area contributed by atoms with Gasteiger partial charge in [0.1, 0.15) is 17.6 Å². The quantitative estimate of drug-likeness (QED) is 0.774. The van der Waals surface area contributed by atoms with E-state index >= 15 is 0 Å². The van der Waals surface area contributed by atoms with Gasteiger partial charge in [-0.3, -0.25) is 0 Å². The minimum atomic E-state index is 0.253. The van der Waals surface area contributed by atoms with Crippen molar-refractivity contribution in [2.24, 2.45) is 0 Å². The van der Waals surface area contributed by atoms with Gasteiger partial charge in [0.25, 0.3) is 0 Å². The Balaban J connectivity index is 1.96. The molecule has 0 amide bonds. The summed E-state index contributed by atoms with van der Waals surface area (Å²) in [6.45, 7) is 0.649. The Morgan fingerprint density at radius 3 is 2.74 bits per heavy atom. The molecule has 96 valence electrons. The van der Waals surface area contributed by atoms with E-state index in [4.69, 9.17) is 11.0 Å². The third-order valence-corrected chi connectivity index (χ3v) is 2.67. The molecule has 0 saturated carbocycles. The number of anilines is 2. The molecule has 0 fully saturated rings. The fourth-order valence-corrected chi connectivity index (χ4v) is 1.69.